The Kier molecular flexibility index (Phi) is 5.09. The molecule has 1 N–H and O–H groups in total. The van der Waals surface area contributed by atoms with Crippen LogP contribution in [0.1, 0.15) is 57.8 Å². The molecule has 0 aromatic carbocycles. The first-order valence-corrected chi connectivity index (χ1v) is 13.7. The normalized spacial score (nSPS) is 34.2. The smallest absolute Gasteiger partial charge is 0.147 e. The van der Waals surface area contributed by atoms with E-state index in [1.165, 1.54) is 70.9 Å². The summed E-state index contributed by atoms with van der Waals surface area (Å²) in [6.45, 7) is 7.73. The van der Waals surface area contributed by atoms with Crippen molar-refractivity contribution >= 4 is 8.24 Å². The van der Waals surface area contributed by atoms with Crippen LogP contribution in [0.2, 0.25) is 13.1 Å². The van der Waals surface area contributed by atoms with Crippen molar-refractivity contribution < 1.29 is 0 Å². The second kappa shape index (κ2) is 7.17. The molecule has 1 heterocycles. The fraction of sp³-hybridized carbons (Fsp3) is 0.727. The van der Waals surface area contributed by atoms with E-state index in [0.717, 1.165) is 6.04 Å². The third kappa shape index (κ3) is 3.61. The molecule has 138 valence electrons. The molecular weight excluding hydrogens is 320 g/mol. The van der Waals surface area contributed by atoms with Gasteiger partial charge < -0.3 is 4.98 Å². The zero-order valence-corrected chi connectivity index (χ0v) is 17.3. The third-order valence-electron chi connectivity index (χ3n) is 7.15. The fourth-order valence-corrected chi connectivity index (χ4v) is 8.51. The van der Waals surface area contributed by atoms with E-state index < -0.39 is 8.24 Å². The molecule has 2 fully saturated rings. The largest absolute Gasteiger partial charge is 0.331 e. The number of hydrogen-bond acceptors (Lipinski definition) is 2. The standard InChI is InChI=1S/C22H36N2Si/c1-25(2,23-19-11-5-3-6-12-19)20-17-21(24-15-9-10-16-24)22(18-20)13-7-4-8-14-22/h4,7-8,13,17,19,21,23H,3,5-6,9-12,14-16,18H2,1-2H3. The van der Waals surface area contributed by atoms with E-state index in [0.29, 0.717) is 11.5 Å². The SMILES string of the molecule is C[Si](C)(NC1CCCCC1)C1=CC(N2CCCC2)C2(C=CC=CC2)C1. The summed E-state index contributed by atoms with van der Waals surface area (Å²) in [6, 6.07) is 1.41. The number of allylic oxidation sites excluding steroid dienone is 4. The lowest BCUT2D eigenvalue weighted by molar-refractivity contribution is 0.171. The second-order valence-electron chi connectivity index (χ2n) is 9.39. The maximum Gasteiger partial charge on any atom is 0.147 e. The molecule has 1 saturated heterocycles. The number of nitrogens with one attached hydrogen (secondary N) is 1. The number of nitrogens with zero attached hydrogens (tertiary/aromatic N) is 1. The van der Waals surface area contributed by atoms with Crippen molar-refractivity contribution in [2.24, 2.45) is 5.41 Å². The number of likely N-dealkylation sites (tertiary alicyclic amines) is 1. The molecule has 0 aromatic rings. The predicted molar refractivity (Wildman–Crippen MR) is 110 cm³/mol. The Bertz CT molecular complexity index is 565. The molecule has 0 bridgehead atoms. The highest BCUT2D eigenvalue weighted by atomic mass is 28.3. The van der Waals surface area contributed by atoms with Gasteiger partial charge in [0.25, 0.3) is 0 Å². The van der Waals surface area contributed by atoms with Crippen molar-refractivity contribution in [2.45, 2.75) is 83.0 Å². The first kappa shape index (κ1) is 17.8. The molecule has 1 saturated carbocycles. The molecule has 1 aliphatic heterocycles. The Morgan fingerprint density at radius 1 is 1.04 bits per heavy atom. The van der Waals surface area contributed by atoms with Gasteiger partial charge in [0.2, 0.25) is 0 Å². The molecule has 0 amide bonds. The lowest BCUT2D eigenvalue weighted by Gasteiger charge is -2.39. The van der Waals surface area contributed by atoms with Gasteiger partial charge in [-0.2, -0.15) is 0 Å². The second-order valence-corrected chi connectivity index (χ2v) is 13.6. The predicted octanol–water partition coefficient (Wildman–Crippen LogP) is 4.95. The fourth-order valence-electron chi connectivity index (χ4n) is 5.67. The average Bonchev–Trinajstić information content (AvgIpc) is 3.24. The first-order chi connectivity index (χ1) is 12.1. The molecule has 3 heteroatoms. The van der Waals surface area contributed by atoms with Crippen molar-refractivity contribution in [3.8, 4) is 0 Å². The average molecular weight is 357 g/mol. The molecule has 4 aliphatic rings. The highest BCUT2D eigenvalue weighted by Crippen LogP contribution is 2.48. The molecule has 3 aliphatic carbocycles. The van der Waals surface area contributed by atoms with Gasteiger partial charge in [0.15, 0.2) is 0 Å². The van der Waals surface area contributed by atoms with E-state index in [9.17, 15) is 0 Å². The Balaban J connectivity index is 1.55. The summed E-state index contributed by atoms with van der Waals surface area (Å²) in [5.74, 6) is 0. The van der Waals surface area contributed by atoms with Gasteiger partial charge in [-0.1, -0.05) is 67.9 Å². The van der Waals surface area contributed by atoms with Crippen LogP contribution in [0, 0.1) is 5.41 Å². The number of rotatable bonds is 4. The van der Waals surface area contributed by atoms with Gasteiger partial charge in [-0.05, 0) is 51.6 Å². The van der Waals surface area contributed by atoms with Crippen LogP contribution in [-0.2, 0) is 0 Å². The summed E-state index contributed by atoms with van der Waals surface area (Å²) in [4.78, 5) is 6.96. The van der Waals surface area contributed by atoms with Crippen LogP contribution in [-0.4, -0.2) is 38.3 Å². The zero-order valence-electron chi connectivity index (χ0n) is 16.3. The summed E-state index contributed by atoms with van der Waals surface area (Å²) in [5.41, 5.74) is 0.340. The molecule has 2 nitrogen and oxygen atoms in total. The minimum Gasteiger partial charge on any atom is -0.331 e. The van der Waals surface area contributed by atoms with Crippen LogP contribution >= 0.6 is 0 Å². The van der Waals surface area contributed by atoms with Crippen LogP contribution in [0.4, 0.5) is 0 Å². The monoisotopic (exact) mass is 356 g/mol. The Morgan fingerprint density at radius 3 is 2.48 bits per heavy atom. The van der Waals surface area contributed by atoms with Crippen molar-refractivity contribution in [2.75, 3.05) is 13.1 Å². The quantitative estimate of drug-likeness (QED) is 0.717. The van der Waals surface area contributed by atoms with Gasteiger partial charge in [-0.3, -0.25) is 4.90 Å². The maximum atomic E-state index is 4.18. The van der Waals surface area contributed by atoms with Crippen molar-refractivity contribution in [1.29, 1.82) is 0 Å². The lowest BCUT2D eigenvalue weighted by Crippen LogP contribution is -2.52. The van der Waals surface area contributed by atoms with Crippen LogP contribution in [0.25, 0.3) is 0 Å². The van der Waals surface area contributed by atoms with E-state index >= 15 is 0 Å². The first-order valence-electron chi connectivity index (χ1n) is 10.7. The molecule has 1 spiro atoms. The van der Waals surface area contributed by atoms with E-state index in [1.54, 1.807) is 5.20 Å². The van der Waals surface area contributed by atoms with E-state index in [-0.39, 0.29) is 0 Å². The van der Waals surface area contributed by atoms with E-state index in [1.807, 2.05) is 0 Å². The Hall–Kier alpha value is -0.643. The molecule has 0 aromatic heterocycles. The van der Waals surface area contributed by atoms with Gasteiger partial charge >= 0.3 is 0 Å². The topological polar surface area (TPSA) is 15.3 Å². The summed E-state index contributed by atoms with van der Waals surface area (Å²) < 4.78 is 0. The molecule has 0 radical (unpaired) electrons. The summed E-state index contributed by atoms with van der Waals surface area (Å²) in [6.07, 6.45) is 24.6. The molecule has 2 unspecified atom stereocenters. The van der Waals surface area contributed by atoms with Crippen molar-refractivity contribution in [3.63, 3.8) is 0 Å². The van der Waals surface area contributed by atoms with Gasteiger partial charge in [0, 0.05) is 17.5 Å². The van der Waals surface area contributed by atoms with Crippen LogP contribution in [0.15, 0.2) is 35.6 Å². The summed E-state index contributed by atoms with van der Waals surface area (Å²) in [7, 11) is -1.53. The van der Waals surface area contributed by atoms with Gasteiger partial charge in [-0.15, -0.1) is 0 Å². The maximum absolute atomic E-state index is 4.18. The Labute approximate surface area is 155 Å². The van der Waals surface area contributed by atoms with Gasteiger partial charge in [0.1, 0.15) is 8.24 Å². The molecular formula is C22H36N2Si. The van der Waals surface area contributed by atoms with Crippen LogP contribution in [0.5, 0.6) is 0 Å². The van der Waals surface area contributed by atoms with E-state index in [2.05, 4.69) is 53.4 Å². The minimum absolute atomic E-state index is 0.340. The van der Waals surface area contributed by atoms with Crippen LogP contribution < -0.4 is 4.98 Å². The Morgan fingerprint density at radius 2 is 1.80 bits per heavy atom. The van der Waals surface area contributed by atoms with Gasteiger partial charge in [0.05, 0.1) is 0 Å². The molecule has 25 heavy (non-hydrogen) atoms. The highest BCUT2D eigenvalue weighted by Gasteiger charge is 2.47. The van der Waals surface area contributed by atoms with Crippen molar-refractivity contribution in [3.05, 3.63) is 35.6 Å². The zero-order chi connectivity index (χ0) is 17.3. The summed E-state index contributed by atoms with van der Waals surface area (Å²) >= 11 is 0. The molecule has 2 atom stereocenters. The summed E-state index contributed by atoms with van der Waals surface area (Å²) in [5, 5.41) is 1.79. The van der Waals surface area contributed by atoms with Crippen molar-refractivity contribution in [1.82, 2.24) is 9.88 Å². The van der Waals surface area contributed by atoms with Crippen LogP contribution in [0.3, 0.4) is 0 Å². The highest BCUT2D eigenvalue weighted by molar-refractivity contribution is 6.82. The van der Waals surface area contributed by atoms with Gasteiger partial charge in [-0.25, -0.2) is 0 Å². The number of hydrogen-bond donors (Lipinski definition) is 1. The van der Waals surface area contributed by atoms with E-state index in [4.69, 9.17) is 0 Å². The minimum atomic E-state index is -1.53. The third-order valence-corrected chi connectivity index (χ3v) is 10.2. The molecule has 4 rings (SSSR count). The lowest BCUT2D eigenvalue weighted by atomic mass is 9.75.